The highest BCUT2D eigenvalue weighted by atomic mass is 16.5. The maximum Gasteiger partial charge on any atom is 0.305 e. The van der Waals surface area contributed by atoms with Crippen molar-refractivity contribution in [3.05, 3.63) is 11.8 Å². The molecule has 0 saturated carbocycles. The monoisotopic (exact) mass is 300 g/mol. The Bertz CT molecular complexity index is 319. The lowest BCUT2D eigenvalue weighted by atomic mass is 10.0. The zero-order chi connectivity index (χ0) is 16.3. The Morgan fingerprint density at radius 3 is 2.38 bits per heavy atom. The van der Waals surface area contributed by atoms with E-state index in [9.17, 15) is 4.79 Å². The number of hydrogen-bond acceptors (Lipinski definition) is 4. The molecule has 0 aliphatic heterocycles. The van der Waals surface area contributed by atoms with Crippen LogP contribution in [0.1, 0.15) is 60.8 Å². The molecule has 0 aliphatic rings. The average Bonchev–Trinajstić information content (AvgIpc) is 2.42. The molecule has 0 rings (SSSR count). The SMILES string of the molecule is CCO/C(=C/COC(C)(C)CCC(=O)OCC(C)C)CC. The molecule has 0 aromatic carbocycles. The molecular weight excluding hydrogens is 268 g/mol. The van der Waals surface area contributed by atoms with E-state index >= 15 is 0 Å². The summed E-state index contributed by atoms with van der Waals surface area (Å²) in [6.07, 6.45) is 3.85. The van der Waals surface area contributed by atoms with Gasteiger partial charge in [0, 0.05) is 12.8 Å². The minimum atomic E-state index is -0.349. The molecule has 0 unspecified atom stereocenters. The van der Waals surface area contributed by atoms with Gasteiger partial charge >= 0.3 is 5.97 Å². The lowest BCUT2D eigenvalue weighted by Crippen LogP contribution is -2.26. The Hall–Kier alpha value is -1.03. The molecule has 4 heteroatoms. The van der Waals surface area contributed by atoms with Crippen molar-refractivity contribution in [1.82, 2.24) is 0 Å². The maximum atomic E-state index is 11.6. The van der Waals surface area contributed by atoms with Crippen LogP contribution < -0.4 is 0 Å². The molecular formula is C17H32O4. The summed E-state index contributed by atoms with van der Waals surface area (Å²) in [6, 6.07) is 0. The number of carbonyl (C=O) groups excluding carboxylic acids is 1. The fourth-order valence-electron chi connectivity index (χ4n) is 1.66. The zero-order valence-electron chi connectivity index (χ0n) is 14.5. The fourth-order valence-corrected chi connectivity index (χ4v) is 1.66. The molecule has 0 aliphatic carbocycles. The molecule has 0 heterocycles. The van der Waals surface area contributed by atoms with Gasteiger partial charge in [0.15, 0.2) is 0 Å². The van der Waals surface area contributed by atoms with Gasteiger partial charge in [-0.2, -0.15) is 0 Å². The van der Waals surface area contributed by atoms with Crippen molar-refractivity contribution < 1.29 is 19.0 Å². The van der Waals surface area contributed by atoms with Gasteiger partial charge < -0.3 is 14.2 Å². The van der Waals surface area contributed by atoms with Crippen LogP contribution in [-0.4, -0.2) is 31.4 Å². The minimum absolute atomic E-state index is 0.153. The molecule has 0 aromatic heterocycles. The van der Waals surface area contributed by atoms with E-state index in [1.807, 2.05) is 40.7 Å². The summed E-state index contributed by atoms with van der Waals surface area (Å²) < 4.78 is 16.4. The van der Waals surface area contributed by atoms with E-state index in [1.54, 1.807) is 0 Å². The molecule has 0 spiro atoms. The lowest BCUT2D eigenvalue weighted by Gasteiger charge is -2.24. The van der Waals surface area contributed by atoms with Crippen molar-refractivity contribution in [2.45, 2.75) is 66.4 Å². The summed E-state index contributed by atoms with van der Waals surface area (Å²) in [5.74, 6) is 1.17. The predicted molar refractivity (Wildman–Crippen MR) is 85.1 cm³/mol. The van der Waals surface area contributed by atoms with E-state index in [0.717, 1.165) is 12.2 Å². The van der Waals surface area contributed by atoms with Crippen molar-refractivity contribution in [3.63, 3.8) is 0 Å². The number of allylic oxidation sites excluding steroid dienone is 1. The molecule has 0 saturated heterocycles. The quantitative estimate of drug-likeness (QED) is 0.426. The van der Waals surface area contributed by atoms with Gasteiger partial charge in [-0.1, -0.05) is 20.8 Å². The standard InChI is InChI=1S/C17H32O4/c1-7-15(19-8-2)10-12-21-17(5,6)11-9-16(18)20-13-14(3)4/h10,14H,7-9,11-13H2,1-6H3/b15-10+. The van der Waals surface area contributed by atoms with Crippen LogP contribution in [0.4, 0.5) is 0 Å². The lowest BCUT2D eigenvalue weighted by molar-refractivity contribution is -0.146. The highest BCUT2D eigenvalue weighted by Crippen LogP contribution is 2.18. The second kappa shape index (κ2) is 10.7. The van der Waals surface area contributed by atoms with E-state index in [4.69, 9.17) is 14.2 Å². The Balaban J connectivity index is 4.05. The molecule has 0 aromatic rings. The van der Waals surface area contributed by atoms with Gasteiger partial charge in [0.2, 0.25) is 0 Å². The van der Waals surface area contributed by atoms with Crippen molar-refractivity contribution >= 4 is 5.97 Å². The van der Waals surface area contributed by atoms with E-state index in [-0.39, 0.29) is 11.6 Å². The first-order chi connectivity index (χ1) is 9.80. The number of hydrogen-bond donors (Lipinski definition) is 0. The molecule has 21 heavy (non-hydrogen) atoms. The molecule has 4 nitrogen and oxygen atoms in total. The first kappa shape index (κ1) is 20.0. The summed E-state index contributed by atoms with van der Waals surface area (Å²) in [6.45, 7) is 13.7. The summed E-state index contributed by atoms with van der Waals surface area (Å²) in [5, 5.41) is 0. The molecule has 0 amide bonds. The topological polar surface area (TPSA) is 44.8 Å². The largest absolute Gasteiger partial charge is 0.498 e. The predicted octanol–water partition coefficient (Wildman–Crippen LogP) is 4.09. The number of esters is 1. The van der Waals surface area contributed by atoms with Gasteiger partial charge in [-0.15, -0.1) is 0 Å². The van der Waals surface area contributed by atoms with Crippen LogP contribution in [0.2, 0.25) is 0 Å². The van der Waals surface area contributed by atoms with Gasteiger partial charge in [0.25, 0.3) is 0 Å². The summed E-state index contributed by atoms with van der Waals surface area (Å²) in [7, 11) is 0. The Morgan fingerprint density at radius 1 is 1.19 bits per heavy atom. The first-order valence-corrected chi connectivity index (χ1v) is 7.92. The van der Waals surface area contributed by atoms with Crippen LogP contribution in [-0.2, 0) is 19.0 Å². The molecule has 0 bridgehead atoms. The fraction of sp³-hybridized carbons (Fsp3) is 0.824. The maximum absolute atomic E-state index is 11.6. The van der Waals surface area contributed by atoms with Crippen molar-refractivity contribution in [1.29, 1.82) is 0 Å². The van der Waals surface area contributed by atoms with Crippen LogP contribution in [0.25, 0.3) is 0 Å². The Morgan fingerprint density at radius 2 is 1.86 bits per heavy atom. The molecule has 124 valence electrons. The Kier molecular flexibility index (Phi) is 10.1. The third-order valence-corrected chi connectivity index (χ3v) is 2.97. The van der Waals surface area contributed by atoms with E-state index < -0.39 is 0 Å². The Labute approximate surface area is 129 Å². The van der Waals surface area contributed by atoms with Crippen LogP contribution in [0.5, 0.6) is 0 Å². The van der Waals surface area contributed by atoms with Gasteiger partial charge in [-0.3, -0.25) is 4.79 Å². The third-order valence-electron chi connectivity index (χ3n) is 2.97. The second-order valence-corrected chi connectivity index (χ2v) is 6.10. The van der Waals surface area contributed by atoms with Crippen molar-refractivity contribution in [3.8, 4) is 0 Å². The number of ether oxygens (including phenoxy) is 3. The summed E-state index contributed by atoms with van der Waals surface area (Å²) in [4.78, 5) is 11.6. The summed E-state index contributed by atoms with van der Waals surface area (Å²) in [5.41, 5.74) is -0.349. The molecule has 0 atom stereocenters. The molecule has 0 N–H and O–H groups in total. The van der Waals surface area contributed by atoms with Gasteiger partial charge in [0.1, 0.15) is 0 Å². The average molecular weight is 300 g/mol. The van der Waals surface area contributed by atoms with Crippen LogP contribution in [0.3, 0.4) is 0 Å². The highest BCUT2D eigenvalue weighted by Gasteiger charge is 2.20. The smallest absolute Gasteiger partial charge is 0.305 e. The van der Waals surface area contributed by atoms with Gasteiger partial charge in [0.05, 0.1) is 31.2 Å². The first-order valence-electron chi connectivity index (χ1n) is 7.92. The van der Waals surface area contributed by atoms with Crippen molar-refractivity contribution in [2.24, 2.45) is 5.92 Å². The van der Waals surface area contributed by atoms with Gasteiger partial charge in [-0.05, 0) is 39.2 Å². The van der Waals surface area contributed by atoms with Gasteiger partial charge in [-0.25, -0.2) is 0 Å². The minimum Gasteiger partial charge on any atom is -0.498 e. The molecule has 0 fully saturated rings. The molecule has 0 radical (unpaired) electrons. The van der Waals surface area contributed by atoms with Crippen LogP contribution in [0, 0.1) is 5.92 Å². The third kappa shape index (κ3) is 11.3. The van der Waals surface area contributed by atoms with E-state index in [0.29, 0.717) is 38.6 Å². The highest BCUT2D eigenvalue weighted by molar-refractivity contribution is 5.69. The van der Waals surface area contributed by atoms with Crippen LogP contribution >= 0.6 is 0 Å². The van der Waals surface area contributed by atoms with E-state index in [2.05, 4.69) is 6.92 Å². The zero-order valence-corrected chi connectivity index (χ0v) is 14.5. The van der Waals surface area contributed by atoms with Crippen LogP contribution in [0.15, 0.2) is 11.8 Å². The summed E-state index contributed by atoms with van der Waals surface area (Å²) >= 11 is 0. The van der Waals surface area contributed by atoms with E-state index in [1.165, 1.54) is 0 Å². The number of carbonyl (C=O) groups is 1. The normalized spacial score (nSPS) is 12.6. The second-order valence-electron chi connectivity index (χ2n) is 6.10. The number of rotatable bonds is 11. The van der Waals surface area contributed by atoms with Crippen molar-refractivity contribution in [2.75, 3.05) is 19.8 Å².